The van der Waals surface area contributed by atoms with Crippen LogP contribution in [0.15, 0.2) is 18.2 Å². The molecule has 0 atom stereocenters. The van der Waals surface area contributed by atoms with Gasteiger partial charge in [-0.05, 0) is 18.2 Å². The van der Waals surface area contributed by atoms with Crippen LogP contribution in [0.5, 0.6) is 5.75 Å². The summed E-state index contributed by atoms with van der Waals surface area (Å²) >= 11 is 0. The average Bonchev–Trinajstić information content (AvgIpc) is 2.26. The van der Waals surface area contributed by atoms with Crippen molar-refractivity contribution in [3.8, 4) is 5.75 Å². The van der Waals surface area contributed by atoms with E-state index in [2.05, 4.69) is 9.47 Å². The van der Waals surface area contributed by atoms with Crippen LogP contribution in [-0.4, -0.2) is 82.6 Å². The number of esters is 2. The van der Waals surface area contributed by atoms with E-state index in [4.69, 9.17) is 0 Å². The molecule has 1 rings (SSSR count). The Labute approximate surface area is 135 Å². The molecule has 82 valence electrons. The molecule has 0 spiro atoms. The van der Waals surface area contributed by atoms with Crippen molar-refractivity contribution >= 4 is 63.3 Å². The van der Waals surface area contributed by atoms with Gasteiger partial charge in [0.15, 0.2) is 0 Å². The number of benzene rings is 1. The summed E-state index contributed by atoms with van der Waals surface area (Å²) in [7, 11) is 2.43. The molecular formula is C10H11KO5. The monoisotopic (exact) mass is 250 g/mol. The van der Waals surface area contributed by atoms with Crippen LogP contribution in [-0.2, 0) is 9.47 Å². The van der Waals surface area contributed by atoms with Gasteiger partial charge in [-0.15, -0.1) is 0 Å². The van der Waals surface area contributed by atoms with Crippen LogP contribution in [0, 0.1) is 0 Å². The summed E-state index contributed by atoms with van der Waals surface area (Å²) in [5.74, 6) is -1.56. The SMILES string of the molecule is COC(=O)c1ccc(C(=O)OC)c(O)c1.[KH]. The van der Waals surface area contributed by atoms with Crippen LogP contribution in [0.2, 0.25) is 0 Å². The molecule has 0 aliphatic carbocycles. The van der Waals surface area contributed by atoms with E-state index >= 15 is 0 Å². The predicted octanol–water partition coefficient (Wildman–Crippen LogP) is 0.317. The molecule has 0 bridgehead atoms. The average molecular weight is 250 g/mol. The molecule has 0 unspecified atom stereocenters. The van der Waals surface area contributed by atoms with E-state index in [1.54, 1.807) is 0 Å². The van der Waals surface area contributed by atoms with Crippen LogP contribution >= 0.6 is 0 Å². The number of hydrogen-bond acceptors (Lipinski definition) is 5. The first-order valence-corrected chi connectivity index (χ1v) is 4.09. The van der Waals surface area contributed by atoms with Crippen LogP contribution < -0.4 is 0 Å². The van der Waals surface area contributed by atoms with Gasteiger partial charge in [-0.1, -0.05) is 0 Å². The maximum atomic E-state index is 11.1. The standard InChI is InChI=1S/C10H10O5.K.H/c1-14-9(12)6-3-4-7(8(11)5-6)10(13)15-2;;/h3-5,11H,1-2H3;;. The zero-order valence-electron chi connectivity index (χ0n) is 8.31. The van der Waals surface area contributed by atoms with E-state index in [1.165, 1.54) is 26.4 Å². The van der Waals surface area contributed by atoms with Gasteiger partial charge in [0.25, 0.3) is 0 Å². The van der Waals surface area contributed by atoms with Crippen molar-refractivity contribution in [2.24, 2.45) is 0 Å². The van der Waals surface area contributed by atoms with E-state index < -0.39 is 11.9 Å². The van der Waals surface area contributed by atoms with Gasteiger partial charge in [0, 0.05) is 0 Å². The van der Waals surface area contributed by atoms with Gasteiger partial charge in [-0.2, -0.15) is 0 Å². The minimum absolute atomic E-state index is 0. The number of phenolic OH excluding ortho intramolecular Hbond substituents is 1. The van der Waals surface area contributed by atoms with E-state index in [1.807, 2.05) is 0 Å². The third-order valence-electron chi connectivity index (χ3n) is 1.82. The Balaban J connectivity index is 0.00000225. The number of hydrogen-bond donors (Lipinski definition) is 1. The molecule has 5 nitrogen and oxygen atoms in total. The molecule has 0 amide bonds. The Bertz CT molecular complexity index is 402. The summed E-state index contributed by atoms with van der Waals surface area (Å²) in [6.45, 7) is 0. The number of carbonyl (C=O) groups excluding carboxylic acids is 2. The molecule has 0 radical (unpaired) electrons. The molecule has 16 heavy (non-hydrogen) atoms. The van der Waals surface area contributed by atoms with Crippen molar-refractivity contribution in [3.63, 3.8) is 0 Å². The van der Waals surface area contributed by atoms with Crippen LogP contribution in [0.25, 0.3) is 0 Å². The van der Waals surface area contributed by atoms with E-state index in [0.29, 0.717) is 0 Å². The fourth-order valence-electron chi connectivity index (χ4n) is 1.06. The Kier molecular flexibility index (Phi) is 6.85. The molecule has 0 aromatic heterocycles. The van der Waals surface area contributed by atoms with Gasteiger partial charge >= 0.3 is 63.3 Å². The van der Waals surface area contributed by atoms with Crippen LogP contribution in [0.4, 0.5) is 0 Å². The van der Waals surface area contributed by atoms with Gasteiger partial charge in [-0.25, -0.2) is 9.59 Å². The minimum atomic E-state index is -0.663. The molecule has 0 aliphatic rings. The van der Waals surface area contributed by atoms with Gasteiger partial charge in [0.05, 0.1) is 19.8 Å². The van der Waals surface area contributed by atoms with Crippen molar-refractivity contribution in [2.75, 3.05) is 14.2 Å². The third-order valence-corrected chi connectivity index (χ3v) is 1.82. The molecule has 1 aromatic carbocycles. The second-order valence-electron chi connectivity index (χ2n) is 2.72. The fraction of sp³-hybridized carbons (Fsp3) is 0.200. The Morgan fingerprint density at radius 2 is 1.69 bits per heavy atom. The first kappa shape index (κ1) is 15.6. The molecule has 0 fully saturated rings. The van der Waals surface area contributed by atoms with Crippen molar-refractivity contribution in [2.45, 2.75) is 0 Å². The van der Waals surface area contributed by atoms with Crippen molar-refractivity contribution in [1.82, 2.24) is 0 Å². The summed E-state index contributed by atoms with van der Waals surface area (Å²) in [4.78, 5) is 22.2. The zero-order chi connectivity index (χ0) is 11.4. The first-order chi connectivity index (χ1) is 7.10. The number of phenols is 1. The normalized spacial score (nSPS) is 8.88. The summed E-state index contributed by atoms with van der Waals surface area (Å²) in [5.41, 5.74) is 0.174. The summed E-state index contributed by atoms with van der Waals surface area (Å²) in [6.07, 6.45) is 0. The summed E-state index contributed by atoms with van der Waals surface area (Å²) in [6, 6.07) is 3.82. The van der Waals surface area contributed by atoms with Crippen LogP contribution in [0.3, 0.4) is 0 Å². The van der Waals surface area contributed by atoms with Gasteiger partial charge < -0.3 is 14.6 Å². The van der Waals surface area contributed by atoms with Gasteiger partial charge in [0.1, 0.15) is 11.3 Å². The van der Waals surface area contributed by atoms with E-state index in [9.17, 15) is 14.7 Å². The second kappa shape index (κ2) is 7.03. The Hall–Kier alpha value is -0.404. The first-order valence-electron chi connectivity index (χ1n) is 4.09. The predicted molar refractivity (Wildman–Crippen MR) is 57.9 cm³/mol. The third kappa shape index (κ3) is 3.57. The summed E-state index contributed by atoms with van der Waals surface area (Å²) in [5, 5.41) is 9.43. The molecule has 0 saturated carbocycles. The van der Waals surface area contributed by atoms with Crippen molar-refractivity contribution in [1.29, 1.82) is 0 Å². The van der Waals surface area contributed by atoms with Gasteiger partial charge in [0.2, 0.25) is 0 Å². The Morgan fingerprint density at radius 3 is 2.12 bits per heavy atom. The molecule has 6 heteroatoms. The molecule has 0 saturated heterocycles. The quantitative estimate of drug-likeness (QED) is 0.604. The number of ether oxygens (including phenoxy) is 2. The zero-order valence-corrected chi connectivity index (χ0v) is 8.31. The summed E-state index contributed by atoms with van der Waals surface area (Å²) < 4.78 is 8.88. The van der Waals surface area contributed by atoms with Crippen molar-refractivity contribution < 1.29 is 24.2 Å². The van der Waals surface area contributed by atoms with E-state index in [0.717, 1.165) is 6.07 Å². The molecule has 1 aromatic rings. The topological polar surface area (TPSA) is 72.8 Å². The Morgan fingerprint density at radius 1 is 1.12 bits per heavy atom. The number of aromatic hydroxyl groups is 1. The second-order valence-corrected chi connectivity index (χ2v) is 2.72. The molecule has 1 N–H and O–H groups in total. The number of carbonyl (C=O) groups is 2. The maximum absolute atomic E-state index is 11.1. The van der Waals surface area contributed by atoms with Gasteiger partial charge in [-0.3, -0.25) is 0 Å². The number of methoxy groups -OCH3 is 2. The molecular weight excluding hydrogens is 239 g/mol. The van der Waals surface area contributed by atoms with E-state index in [-0.39, 0.29) is 68.3 Å². The van der Waals surface area contributed by atoms with Crippen molar-refractivity contribution in [3.05, 3.63) is 29.3 Å². The molecule has 0 aliphatic heterocycles. The fourth-order valence-corrected chi connectivity index (χ4v) is 1.06. The molecule has 0 heterocycles. The van der Waals surface area contributed by atoms with Crippen LogP contribution in [0.1, 0.15) is 20.7 Å². The number of rotatable bonds is 2.